The van der Waals surface area contributed by atoms with Crippen LogP contribution in [0, 0.1) is 0 Å². The SMILES string of the molecule is CCOC(=O)CN(CC(F)(F)F)C(=O)c1csc(-c2ccc(C(C)C)cc2)n1. The summed E-state index contributed by atoms with van der Waals surface area (Å²) >= 11 is 1.15. The minimum atomic E-state index is -4.65. The number of thiazole rings is 1. The van der Waals surface area contributed by atoms with Gasteiger partial charge in [-0.05, 0) is 18.4 Å². The van der Waals surface area contributed by atoms with Crippen LogP contribution < -0.4 is 0 Å². The van der Waals surface area contributed by atoms with Gasteiger partial charge >= 0.3 is 12.1 Å². The fourth-order valence-electron chi connectivity index (χ4n) is 2.46. The van der Waals surface area contributed by atoms with E-state index in [1.165, 1.54) is 12.3 Å². The molecule has 0 bridgehead atoms. The summed E-state index contributed by atoms with van der Waals surface area (Å²) in [5, 5.41) is 1.91. The molecule has 1 aromatic carbocycles. The normalized spacial score (nSPS) is 11.5. The Morgan fingerprint density at radius 2 is 1.86 bits per heavy atom. The van der Waals surface area contributed by atoms with Crippen molar-refractivity contribution in [3.05, 3.63) is 40.9 Å². The quantitative estimate of drug-likeness (QED) is 0.626. The first kappa shape index (κ1) is 21.9. The average Bonchev–Trinajstić information content (AvgIpc) is 3.09. The summed E-state index contributed by atoms with van der Waals surface area (Å²) in [5.74, 6) is -1.51. The van der Waals surface area contributed by atoms with E-state index in [9.17, 15) is 22.8 Å². The number of rotatable bonds is 7. The van der Waals surface area contributed by atoms with E-state index in [2.05, 4.69) is 23.6 Å². The van der Waals surface area contributed by atoms with Crippen LogP contribution in [0.15, 0.2) is 29.6 Å². The highest BCUT2D eigenvalue weighted by atomic mass is 32.1. The molecule has 0 radical (unpaired) electrons. The predicted octanol–water partition coefficient (Wildman–Crippen LogP) is 4.50. The molecule has 5 nitrogen and oxygen atoms in total. The largest absolute Gasteiger partial charge is 0.465 e. The van der Waals surface area contributed by atoms with Crippen LogP contribution in [0.25, 0.3) is 10.6 Å². The van der Waals surface area contributed by atoms with Gasteiger partial charge in [-0.25, -0.2) is 4.98 Å². The first-order valence-electron chi connectivity index (χ1n) is 8.68. The van der Waals surface area contributed by atoms with Gasteiger partial charge in [0.2, 0.25) is 0 Å². The van der Waals surface area contributed by atoms with Gasteiger partial charge in [-0.15, -0.1) is 11.3 Å². The molecular formula is C19H21F3N2O3S. The molecule has 152 valence electrons. The van der Waals surface area contributed by atoms with Crippen molar-refractivity contribution in [2.45, 2.75) is 32.9 Å². The summed E-state index contributed by atoms with van der Waals surface area (Å²) in [4.78, 5) is 28.7. The molecule has 28 heavy (non-hydrogen) atoms. The number of aromatic nitrogens is 1. The Labute approximate surface area is 165 Å². The molecule has 2 rings (SSSR count). The van der Waals surface area contributed by atoms with E-state index in [-0.39, 0.29) is 12.3 Å². The zero-order valence-corrected chi connectivity index (χ0v) is 16.6. The zero-order valence-electron chi connectivity index (χ0n) is 15.7. The lowest BCUT2D eigenvalue weighted by Crippen LogP contribution is -2.42. The number of amides is 1. The topological polar surface area (TPSA) is 59.5 Å². The second-order valence-corrected chi connectivity index (χ2v) is 7.25. The highest BCUT2D eigenvalue weighted by molar-refractivity contribution is 7.13. The van der Waals surface area contributed by atoms with E-state index in [0.29, 0.717) is 15.8 Å². The Bertz CT molecular complexity index is 817. The molecule has 1 amide bonds. The standard InChI is InChI=1S/C19H21F3N2O3S/c1-4-27-16(25)9-24(11-19(20,21)22)18(26)15-10-28-17(23-15)14-7-5-13(6-8-14)12(2)3/h5-8,10,12H,4,9,11H2,1-3H3. The van der Waals surface area contributed by atoms with Crippen LogP contribution in [0.3, 0.4) is 0 Å². The average molecular weight is 414 g/mol. The Balaban J connectivity index is 2.21. The fraction of sp³-hybridized carbons (Fsp3) is 0.421. The zero-order chi connectivity index (χ0) is 20.9. The maximum Gasteiger partial charge on any atom is 0.406 e. The summed E-state index contributed by atoms with van der Waals surface area (Å²) in [7, 11) is 0. The van der Waals surface area contributed by atoms with Crippen molar-refractivity contribution in [1.82, 2.24) is 9.88 Å². The minimum Gasteiger partial charge on any atom is -0.465 e. The third-order valence-corrected chi connectivity index (χ3v) is 4.72. The van der Waals surface area contributed by atoms with Gasteiger partial charge in [0.05, 0.1) is 6.61 Å². The molecule has 0 fully saturated rings. The van der Waals surface area contributed by atoms with E-state index in [1.54, 1.807) is 0 Å². The summed E-state index contributed by atoms with van der Waals surface area (Å²) in [5.41, 5.74) is 1.77. The van der Waals surface area contributed by atoms with E-state index in [4.69, 9.17) is 0 Å². The van der Waals surface area contributed by atoms with Crippen LogP contribution in [0.5, 0.6) is 0 Å². The number of hydrogen-bond acceptors (Lipinski definition) is 5. The van der Waals surface area contributed by atoms with Gasteiger partial charge in [0.25, 0.3) is 5.91 Å². The molecule has 0 aliphatic rings. The molecular weight excluding hydrogens is 393 g/mol. The molecule has 0 aliphatic carbocycles. The molecule has 9 heteroatoms. The van der Waals surface area contributed by atoms with Crippen LogP contribution in [0.2, 0.25) is 0 Å². The number of hydrogen-bond donors (Lipinski definition) is 0. The van der Waals surface area contributed by atoms with Crippen molar-refractivity contribution in [3.8, 4) is 10.6 Å². The van der Waals surface area contributed by atoms with Crippen molar-refractivity contribution < 1.29 is 27.5 Å². The van der Waals surface area contributed by atoms with Gasteiger partial charge < -0.3 is 9.64 Å². The summed E-state index contributed by atoms with van der Waals surface area (Å²) in [6.07, 6.45) is -4.65. The molecule has 2 aromatic rings. The Hall–Kier alpha value is -2.42. The number of carbonyl (C=O) groups is 2. The minimum absolute atomic E-state index is 0.0140. The third kappa shape index (κ3) is 6.05. The second kappa shape index (κ2) is 9.18. The van der Waals surface area contributed by atoms with Crippen LogP contribution in [-0.4, -0.2) is 47.6 Å². The number of benzene rings is 1. The molecule has 0 saturated heterocycles. The third-order valence-electron chi connectivity index (χ3n) is 3.83. The van der Waals surface area contributed by atoms with E-state index in [1.807, 2.05) is 24.3 Å². The molecule has 0 unspecified atom stereocenters. The predicted molar refractivity (Wildman–Crippen MR) is 100 cm³/mol. The molecule has 1 aromatic heterocycles. The number of esters is 1. The molecule has 0 spiro atoms. The summed E-state index contributed by atoms with van der Waals surface area (Å²) in [6.45, 7) is 3.33. The fourth-order valence-corrected chi connectivity index (χ4v) is 3.26. The Morgan fingerprint density at radius 3 is 2.39 bits per heavy atom. The lowest BCUT2D eigenvalue weighted by atomic mass is 10.0. The summed E-state index contributed by atoms with van der Waals surface area (Å²) < 4.78 is 43.1. The number of carbonyl (C=O) groups excluding carboxylic acids is 2. The lowest BCUT2D eigenvalue weighted by molar-refractivity contribution is -0.153. The maximum atomic E-state index is 12.8. The van der Waals surface area contributed by atoms with Gasteiger partial charge in [0.1, 0.15) is 23.8 Å². The van der Waals surface area contributed by atoms with Crippen molar-refractivity contribution in [2.24, 2.45) is 0 Å². The molecule has 1 heterocycles. The van der Waals surface area contributed by atoms with Gasteiger partial charge in [-0.3, -0.25) is 9.59 Å². The van der Waals surface area contributed by atoms with Crippen LogP contribution in [-0.2, 0) is 9.53 Å². The number of halogens is 3. The van der Waals surface area contributed by atoms with E-state index >= 15 is 0 Å². The highest BCUT2D eigenvalue weighted by Crippen LogP contribution is 2.27. The second-order valence-electron chi connectivity index (χ2n) is 6.40. The van der Waals surface area contributed by atoms with Gasteiger partial charge in [-0.1, -0.05) is 38.1 Å². The monoisotopic (exact) mass is 414 g/mol. The van der Waals surface area contributed by atoms with Gasteiger partial charge in [-0.2, -0.15) is 13.2 Å². The smallest absolute Gasteiger partial charge is 0.406 e. The number of alkyl halides is 3. The van der Waals surface area contributed by atoms with Crippen LogP contribution in [0.4, 0.5) is 13.2 Å². The van der Waals surface area contributed by atoms with Crippen molar-refractivity contribution in [3.63, 3.8) is 0 Å². The number of ether oxygens (including phenoxy) is 1. The van der Waals surface area contributed by atoms with Gasteiger partial charge in [0.15, 0.2) is 0 Å². The maximum absolute atomic E-state index is 12.8. The van der Waals surface area contributed by atoms with Crippen molar-refractivity contribution >= 4 is 23.2 Å². The molecule has 0 saturated carbocycles. The lowest BCUT2D eigenvalue weighted by Gasteiger charge is -2.22. The van der Waals surface area contributed by atoms with Crippen molar-refractivity contribution in [1.29, 1.82) is 0 Å². The molecule has 0 atom stereocenters. The van der Waals surface area contributed by atoms with Crippen LogP contribution >= 0.6 is 11.3 Å². The van der Waals surface area contributed by atoms with E-state index in [0.717, 1.165) is 22.5 Å². The first-order valence-corrected chi connectivity index (χ1v) is 9.56. The van der Waals surface area contributed by atoms with Crippen molar-refractivity contribution in [2.75, 3.05) is 19.7 Å². The molecule has 0 N–H and O–H groups in total. The molecule has 0 aliphatic heterocycles. The Morgan fingerprint density at radius 1 is 1.21 bits per heavy atom. The number of nitrogens with zero attached hydrogens (tertiary/aromatic N) is 2. The van der Waals surface area contributed by atoms with Crippen LogP contribution in [0.1, 0.15) is 42.7 Å². The highest BCUT2D eigenvalue weighted by Gasteiger charge is 2.35. The van der Waals surface area contributed by atoms with Gasteiger partial charge in [0, 0.05) is 10.9 Å². The first-order chi connectivity index (χ1) is 13.1. The summed E-state index contributed by atoms with van der Waals surface area (Å²) in [6, 6.07) is 7.60. The Kier molecular flexibility index (Phi) is 7.17. The van der Waals surface area contributed by atoms with E-state index < -0.39 is 31.1 Å².